The first-order valence-electron chi connectivity index (χ1n) is 7.77. The van der Waals surface area contributed by atoms with Crippen LogP contribution in [0.2, 0.25) is 10.0 Å². The maximum Gasteiger partial charge on any atom is 0.248 e. The molecule has 0 aliphatic carbocycles. The summed E-state index contributed by atoms with van der Waals surface area (Å²) >= 11 is 12.3. The van der Waals surface area contributed by atoms with E-state index in [4.69, 9.17) is 23.2 Å². The van der Waals surface area contributed by atoms with Crippen LogP contribution in [0.4, 0.5) is 0 Å². The molecule has 2 saturated heterocycles. The lowest BCUT2D eigenvalue weighted by molar-refractivity contribution is -0.154. The molecule has 0 radical (unpaired) electrons. The Kier molecular flexibility index (Phi) is 4.64. The summed E-state index contributed by atoms with van der Waals surface area (Å²) in [5.74, 6) is -0.733. The number of carbonyl (C=O) groups is 2. The van der Waals surface area contributed by atoms with Crippen molar-refractivity contribution in [1.29, 1.82) is 0 Å². The highest BCUT2D eigenvalue weighted by atomic mass is 35.5. The summed E-state index contributed by atoms with van der Waals surface area (Å²) in [7, 11) is 0. The zero-order chi connectivity index (χ0) is 17.6. The molecule has 130 valence electrons. The Hall–Kier alpha value is -1.50. The molecule has 24 heavy (non-hydrogen) atoms. The largest absolute Gasteiger partial charge is 0.508 e. The van der Waals surface area contributed by atoms with E-state index in [-0.39, 0.29) is 28.5 Å². The molecular formula is C16H18Cl2N2O4. The van der Waals surface area contributed by atoms with Gasteiger partial charge in [-0.05, 0) is 37.8 Å². The molecule has 0 saturated carbocycles. The maximum atomic E-state index is 12.4. The summed E-state index contributed by atoms with van der Waals surface area (Å²) in [5.41, 5.74) is 0.515. The van der Waals surface area contributed by atoms with Gasteiger partial charge in [-0.15, -0.1) is 0 Å². The van der Waals surface area contributed by atoms with E-state index < -0.39 is 18.2 Å². The zero-order valence-corrected chi connectivity index (χ0v) is 14.5. The number of hydrogen-bond donors (Lipinski definition) is 3. The highest BCUT2D eigenvalue weighted by Crippen LogP contribution is 2.43. The third kappa shape index (κ3) is 2.83. The summed E-state index contributed by atoms with van der Waals surface area (Å²) in [6.45, 7) is 1.83. The van der Waals surface area contributed by atoms with Gasteiger partial charge in [0.1, 0.15) is 17.8 Å². The van der Waals surface area contributed by atoms with Crippen LogP contribution in [0.5, 0.6) is 5.75 Å². The second-order valence-electron chi connectivity index (χ2n) is 6.29. The lowest BCUT2D eigenvalue weighted by atomic mass is 9.83. The van der Waals surface area contributed by atoms with Crippen LogP contribution in [0.15, 0.2) is 12.1 Å². The first-order valence-corrected chi connectivity index (χ1v) is 8.52. The van der Waals surface area contributed by atoms with E-state index in [2.05, 4.69) is 5.32 Å². The van der Waals surface area contributed by atoms with Gasteiger partial charge in [-0.1, -0.05) is 23.2 Å². The number of aliphatic hydroxyl groups excluding tert-OH is 1. The average molecular weight is 373 g/mol. The van der Waals surface area contributed by atoms with Crippen LogP contribution >= 0.6 is 23.2 Å². The third-order valence-corrected chi connectivity index (χ3v) is 5.57. The van der Waals surface area contributed by atoms with E-state index in [1.807, 2.05) is 0 Å². The Morgan fingerprint density at radius 2 is 2.04 bits per heavy atom. The molecule has 0 bridgehead atoms. The number of piperidine rings is 1. The number of piperazine rings is 1. The van der Waals surface area contributed by atoms with E-state index in [9.17, 15) is 19.8 Å². The second-order valence-corrected chi connectivity index (χ2v) is 7.07. The number of rotatable bonds is 2. The number of halogens is 2. The average Bonchev–Trinajstić information content (AvgIpc) is 2.54. The molecule has 3 rings (SSSR count). The zero-order valence-electron chi connectivity index (χ0n) is 13.0. The predicted octanol–water partition coefficient (Wildman–Crippen LogP) is 1.65. The van der Waals surface area contributed by atoms with Crippen molar-refractivity contribution >= 4 is 35.0 Å². The van der Waals surface area contributed by atoms with E-state index in [0.29, 0.717) is 30.0 Å². The fourth-order valence-corrected chi connectivity index (χ4v) is 3.98. The van der Waals surface area contributed by atoms with Crippen LogP contribution in [-0.2, 0) is 9.59 Å². The molecule has 0 spiro atoms. The summed E-state index contributed by atoms with van der Waals surface area (Å²) in [4.78, 5) is 26.3. The molecule has 8 heteroatoms. The molecule has 1 aromatic carbocycles. The number of carbonyl (C=O) groups excluding carboxylic acids is 2. The van der Waals surface area contributed by atoms with Crippen molar-refractivity contribution in [3.05, 3.63) is 27.7 Å². The number of phenols is 1. The van der Waals surface area contributed by atoms with Crippen molar-refractivity contribution in [3.63, 3.8) is 0 Å². The second kappa shape index (κ2) is 6.43. The molecular weight excluding hydrogens is 355 g/mol. The molecule has 2 aliphatic heterocycles. The van der Waals surface area contributed by atoms with Crippen molar-refractivity contribution < 1.29 is 19.8 Å². The van der Waals surface area contributed by atoms with Crippen LogP contribution < -0.4 is 5.32 Å². The number of aromatic hydroxyl groups is 1. The van der Waals surface area contributed by atoms with Gasteiger partial charge in [0.15, 0.2) is 0 Å². The topological polar surface area (TPSA) is 89.9 Å². The molecule has 0 aromatic heterocycles. The van der Waals surface area contributed by atoms with Gasteiger partial charge in [0.05, 0.1) is 16.1 Å². The van der Waals surface area contributed by atoms with E-state index in [1.165, 1.54) is 24.0 Å². The predicted molar refractivity (Wildman–Crippen MR) is 89.2 cm³/mol. The third-order valence-electron chi connectivity index (χ3n) is 4.75. The number of nitrogens with one attached hydrogen (secondary N) is 1. The number of amides is 2. The van der Waals surface area contributed by atoms with Crippen molar-refractivity contribution in [2.24, 2.45) is 0 Å². The van der Waals surface area contributed by atoms with E-state index in [0.717, 1.165) is 0 Å². The molecule has 4 atom stereocenters. The Bertz CT molecular complexity index is 695. The number of aliphatic hydroxyl groups is 1. The summed E-state index contributed by atoms with van der Waals surface area (Å²) in [6, 6.07) is 1.45. The first-order chi connectivity index (χ1) is 11.3. The molecule has 2 aliphatic rings. The van der Waals surface area contributed by atoms with Crippen LogP contribution in [0.1, 0.15) is 31.2 Å². The molecule has 2 amide bonds. The van der Waals surface area contributed by atoms with E-state index >= 15 is 0 Å². The van der Waals surface area contributed by atoms with Crippen molar-refractivity contribution in [1.82, 2.24) is 10.2 Å². The number of phenolic OH excluding ortho intramolecular Hbond substituents is 1. The minimum atomic E-state index is -0.952. The van der Waals surface area contributed by atoms with Gasteiger partial charge in [0.25, 0.3) is 0 Å². The minimum absolute atomic E-state index is 0.0345. The fourth-order valence-electron chi connectivity index (χ4n) is 3.50. The molecule has 6 nitrogen and oxygen atoms in total. The van der Waals surface area contributed by atoms with Crippen LogP contribution in [-0.4, -0.2) is 51.7 Å². The monoisotopic (exact) mass is 372 g/mol. The smallest absolute Gasteiger partial charge is 0.248 e. The molecule has 3 N–H and O–H groups in total. The van der Waals surface area contributed by atoms with Crippen molar-refractivity contribution in [3.8, 4) is 5.75 Å². The summed E-state index contributed by atoms with van der Waals surface area (Å²) < 4.78 is 0. The number of hydrogen-bond acceptors (Lipinski definition) is 4. The van der Waals surface area contributed by atoms with Gasteiger partial charge < -0.3 is 20.4 Å². The van der Waals surface area contributed by atoms with E-state index in [1.54, 1.807) is 0 Å². The van der Waals surface area contributed by atoms with Gasteiger partial charge in [-0.3, -0.25) is 9.59 Å². The van der Waals surface area contributed by atoms with Crippen LogP contribution in [0.3, 0.4) is 0 Å². The Morgan fingerprint density at radius 3 is 2.71 bits per heavy atom. The number of benzene rings is 1. The highest BCUT2D eigenvalue weighted by molar-refractivity contribution is 6.42. The van der Waals surface area contributed by atoms with Crippen LogP contribution in [0, 0.1) is 0 Å². The normalized spacial score (nSPS) is 28.3. The van der Waals surface area contributed by atoms with Gasteiger partial charge in [-0.2, -0.15) is 0 Å². The quantitative estimate of drug-likeness (QED) is 0.736. The fraction of sp³-hybridized carbons (Fsp3) is 0.500. The molecule has 0 unspecified atom stereocenters. The highest BCUT2D eigenvalue weighted by Gasteiger charge is 2.46. The van der Waals surface area contributed by atoms with Gasteiger partial charge in [0, 0.05) is 12.1 Å². The van der Waals surface area contributed by atoms with Gasteiger partial charge >= 0.3 is 0 Å². The Balaban J connectivity index is 1.87. The standard InChI is InChI=1S/C16H18Cl2N2O4/c1-7(21)14-16(24)20-5-4-8(6-10(20)15(23)19-14)12-11(22)3-2-9(17)13(12)18/h2-3,7-8,10,14,21-22H,4-6H2,1H3,(H,19,23)/t7-,8-,10+,14-/m1/s1. The van der Waals surface area contributed by atoms with Gasteiger partial charge in [0.2, 0.25) is 11.8 Å². The lowest BCUT2D eigenvalue weighted by Crippen LogP contribution is -2.67. The van der Waals surface area contributed by atoms with Crippen LogP contribution in [0.25, 0.3) is 0 Å². The van der Waals surface area contributed by atoms with Crippen molar-refractivity contribution in [2.75, 3.05) is 6.54 Å². The Labute approximate surface area is 149 Å². The lowest BCUT2D eigenvalue weighted by Gasteiger charge is -2.44. The number of fused-ring (bicyclic) bond motifs is 1. The Morgan fingerprint density at radius 1 is 1.33 bits per heavy atom. The maximum absolute atomic E-state index is 12.4. The van der Waals surface area contributed by atoms with Crippen molar-refractivity contribution in [2.45, 2.75) is 43.9 Å². The molecule has 1 aromatic rings. The summed E-state index contributed by atoms with van der Waals surface area (Å²) in [6.07, 6.45) is -0.0560. The summed E-state index contributed by atoms with van der Waals surface area (Å²) in [5, 5.41) is 23.0. The molecule has 2 fully saturated rings. The SMILES string of the molecule is C[C@@H](O)[C@H]1NC(=O)[C@@H]2C[C@H](c3c(O)ccc(Cl)c3Cl)CCN2C1=O. The number of nitrogens with zero attached hydrogens (tertiary/aromatic N) is 1. The molecule has 2 heterocycles. The first kappa shape index (κ1) is 17.3. The van der Waals surface area contributed by atoms with Gasteiger partial charge in [-0.25, -0.2) is 0 Å². The minimum Gasteiger partial charge on any atom is -0.508 e.